The highest BCUT2D eigenvalue weighted by atomic mass is 16.5. The Labute approximate surface area is 133 Å². The molecule has 0 unspecified atom stereocenters. The lowest BCUT2D eigenvalue weighted by Crippen LogP contribution is -2.18. The van der Waals surface area contributed by atoms with Gasteiger partial charge in [0, 0.05) is 16.9 Å². The zero-order chi connectivity index (χ0) is 16.4. The van der Waals surface area contributed by atoms with Crippen molar-refractivity contribution in [1.29, 1.82) is 0 Å². The second-order valence-corrected chi connectivity index (χ2v) is 5.04. The molecule has 0 aliphatic carbocycles. The number of anilines is 1. The molecular weight excluding hydrogens is 294 g/mol. The minimum Gasteiger partial charge on any atom is -0.472 e. The number of ether oxygens (including phenoxy) is 1. The van der Waals surface area contributed by atoms with Gasteiger partial charge in [-0.15, -0.1) is 0 Å². The van der Waals surface area contributed by atoms with Crippen LogP contribution >= 0.6 is 0 Å². The number of benzene rings is 1. The summed E-state index contributed by atoms with van der Waals surface area (Å²) in [5.41, 5.74) is 2.52. The Kier molecular flexibility index (Phi) is 3.85. The van der Waals surface area contributed by atoms with Gasteiger partial charge in [-0.05, 0) is 31.2 Å². The third-order valence-electron chi connectivity index (χ3n) is 3.65. The summed E-state index contributed by atoms with van der Waals surface area (Å²) in [5, 5.41) is 0. The van der Waals surface area contributed by atoms with Crippen LogP contribution in [0.15, 0.2) is 70.3 Å². The number of carbonyl (C=O) groups is 2. The molecule has 3 rings (SSSR count). The lowest BCUT2D eigenvalue weighted by atomic mass is 10.1. The van der Waals surface area contributed by atoms with Crippen LogP contribution in [-0.2, 0) is 14.3 Å². The van der Waals surface area contributed by atoms with Crippen molar-refractivity contribution in [2.75, 3.05) is 12.0 Å². The molecule has 1 aromatic carbocycles. The second kappa shape index (κ2) is 5.96. The Balaban J connectivity index is 2.15. The summed E-state index contributed by atoms with van der Waals surface area (Å²) in [6.45, 7) is 1.73. The van der Waals surface area contributed by atoms with E-state index < -0.39 is 5.97 Å². The number of esters is 1. The molecule has 5 heteroatoms. The number of furan rings is 1. The first kappa shape index (κ1) is 14.8. The van der Waals surface area contributed by atoms with Crippen molar-refractivity contribution < 1.29 is 18.7 Å². The van der Waals surface area contributed by atoms with Crippen LogP contribution < -0.4 is 4.90 Å². The van der Waals surface area contributed by atoms with Gasteiger partial charge >= 0.3 is 5.97 Å². The first-order valence-corrected chi connectivity index (χ1v) is 7.06. The Morgan fingerprint density at radius 1 is 1.22 bits per heavy atom. The second-order valence-electron chi connectivity index (χ2n) is 5.04. The summed E-state index contributed by atoms with van der Waals surface area (Å²) in [6, 6.07) is 11.1. The molecule has 2 heterocycles. The van der Waals surface area contributed by atoms with E-state index in [-0.39, 0.29) is 11.4 Å². The highest BCUT2D eigenvalue weighted by molar-refractivity contribution is 6.30. The first-order chi connectivity index (χ1) is 11.1. The number of carbonyl (C=O) groups excluding carboxylic acids is 2. The average Bonchev–Trinajstić information content (AvgIpc) is 3.15. The van der Waals surface area contributed by atoms with Gasteiger partial charge in [0.15, 0.2) is 0 Å². The van der Waals surface area contributed by atoms with Gasteiger partial charge in [0.2, 0.25) is 5.78 Å². The number of methoxy groups -OCH3 is 1. The fraction of sp³-hybridized carbons (Fsp3) is 0.111. The van der Waals surface area contributed by atoms with Crippen molar-refractivity contribution in [2.24, 2.45) is 0 Å². The van der Waals surface area contributed by atoms with E-state index in [2.05, 4.69) is 0 Å². The Morgan fingerprint density at radius 2 is 1.96 bits per heavy atom. The molecule has 0 bridgehead atoms. The lowest BCUT2D eigenvalue weighted by Gasteiger charge is -2.21. The van der Waals surface area contributed by atoms with E-state index in [1.807, 2.05) is 30.3 Å². The summed E-state index contributed by atoms with van der Waals surface area (Å²) in [7, 11) is 1.26. The third-order valence-corrected chi connectivity index (χ3v) is 3.65. The maximum absolute atomic E-state index is 12.7. The largest absolute Gasteiger partial charge is 0.472 e. The summed E-state index contributed by atoms with van der Waals surface area (Å²) in [4.78, 5) is 26.5. The molecule has 0 N–H and O–H groups in total. The third kappa shape index (κ3) is 2.57. The van der Waals surface area contributed by atoms with Crippen LogP contribution in [0.1, 0.15) is 12.5 Å². The van der Waals surface area contributed by atoms with Gasteiger partial charge < -0.3 is 14.1 Å². The summed E-state index contributed by atoms with van der Waals surface area (Å²) >= 11 is 0. The highest BCUT2D eigenvalue weighted by Gasteiger charge is 2.38. The molecule has 0 radical (unpaired) electrons. The van der Waals surface area contributed by atoms with E-state index in [1.165, 1.54) is 19.6 Å². The number of ketones is 1. The molecule has 2 aromatic rings. The van der Waals surface area contributed by atoms with Crippen molar-refractivity contribution in [3.63, 3.8) is 0 Å². The number of hydrogen-bond donors (Lipinski definition) is 0. The molecule has 1 aliphatic heterocycles. The molecule has 23 heavy (non-hydrogen) atoms. The fourth-order valence-corrected chi connectivity index (χ4v) is 2.58. The summed E-state index contributed by atoms with van der Waals surface area (Å²) < 4.78 is 9.80. The minimum atomic E-state index is -0.635. The molecule has 0 fully saturated rings. The van der Waals surface area contributed by atoms with Gasteiger partial charge in [0.25, 0.3) is 0 Å². The first-order valence-electron chi connectivity index (χ1n) is 7.06. The molecular formula is C18H15NO4. The van der Waals surface area contributed by atoms with E-state index in [4.69, 9.17) is 9.15 Å². The Hall–Kier alpha value is -3.08. The number of rotatable bonds is 3. The molecule has 0 saturated carbocycles. The number of allylic oxidation sites excluding steroid dienone is 2. The maximum atomic E-state index is 12.7. The van der Waals surface area contributed by atoms with E-state index >= 15 is 0 Å². The van der Waals surface area contributed by atoms with Crippen molar-refractivity contribution in [2.45, 2.75) is 6.92 Å². The van der Waals surface area contributed by atoms with Crippen LogP contribution in [-0.4, -0.2) is 18.9 Å². The Bertz CT molecular complexity index is 801. The van der Waals surface area contributed by atoms with E-state index in [1.54, 1.807) is 24.0 Å². The summed E-state index contributed by atoms with van der Waals surface area (Å²) in [6.07, 6.45) is 4.76. The van der Waals surface area contributed by atoms with Crippen molar-refractivity contribution >= 4 is 23.5 Å². The number of hydrogen-bond acceptors (Lipinski definition) is 5. The fourth-order valence-electron chi connectivity index (χ4n) is 2.58. The van der Waals surface area contributed by atoms with Crippen LogP contribution in [0, 0.1) is 0 Å². The monoisotopic (exact) mass is 309 g/mol. The van der Waals surface area contributed by atoms with Gasteiger partial charge in [-0.25, -0.2) is 4.79 Å². The predicted octanol–water partition coefficient (Wildman–Crippen LogP) is 3.16. The Morgan fingerprint density at radius 3 is 2.57 bits per heavy atom. The summed E-state index contributed by atoms with van der Waals surface area (Å²) in [5.74, 6) is -0.997. The number of para-hydroxylation sites is 1. The van der Waals surface area contributed by atoms with Gasteiger partial charge in [-0.3, -0.25) is 4.79 Å². The minimum absolute atomic E-state index is 0.0473. The molecule has 0 saturated heterocycles. The predicted molar refractivity (Wildman–Crippen MR) is 85.3 cm³/mol. The van der Waals surface area contributed by atoms with Crippen molar-refractivity contribution in [3.8, 4) is 0 Å². The molecule has 1 aliphatic rings. The SMILES string of the molecule is COC(=O)C1=C(C)N(c2ccccc2)/C(=C/c2ccoc2)C1=O. The quantitative estimate of drug-likeness (QED) is 0.495. The maximum Gasteiger partial charge on any atom is 0.343 e. The molecule has 5 nitrogen and oxygen atoms in total. The van der Waals surface area contributed by atoms with E-state index in [0.29, 0.717) is 11.4 Å². The normalized spacial score (nSPS) is 16.3. The molecule has 116 valence electrons. The molecule has 0 atom stereocenters. The van der Waals surface area contributed by atoms with E-state index in [9.17, 15) is 9.59 Å². The average molecular weight is 309 g/mol. The van der Waals surface area contributed by atoms with Crippen molar-refractivity contribution in [3.05, 3.63) is 71.5 Å². The van der Waals surface area contributed by atoms with Crippen LogP contribution in [0.4, 0.5) is 5.69 Å². The zero-order valence-electron chi connectivity index (χ0n) is 12.8. The highest BCUT2D eigenvalue weighted by Crippen LogP contribution is 2.35. The van der Waals surface area contributed by atoms with Crippen LogP contribution in [0.2, 0.25) is 0 Å². The van der Waals surface area contributed by atoms with Crippen LogP contribution in [0.5, 0.6) is 0 Å². The number of Topliss-reactive ketones (excluding diaryl/α,β-unsaturated/α-hetero) is 1. The lowest BCUT2D eigenvalue weighted by molar-refractivity contribution is -0.137. The van der Waals surface area contributed by atoms with Gasteiger partial charge in [-0.2, -0.15) is 0 Å². The van der Waals surface area contributed by atoms with Gasteiger partial charge in [0.05, 0.1) is 25.3 Å². The van der Waals surface area contributed by atoms with Crippen LogP contribution in [0.3, 0.4) is 0 Å². The molecule has 0 spiro atoms. The van der Waals surface area contributed by atoms with Gasteiger partial charge in [-0.1, -0.05) is 18.2 Å². The topological polar surface area (TPSA) is 59.8 Å². The van der Waals surface area contributed by atoms with Crippen molar-refractivity contribution in [1.82, 2.24) is 0 Å². The zero-order valence-corrected chi connectivity index (χ0v) is 12.8. The standard InChI is InChI=1S/C18H15NO4/c1-12-16(18(21)22-2)17(20)15(10-13-8-9-23-11-13)19(12)14-6-4-3-5-7-14/h3-11H,1-2H3/b15-10+. The number of nitrogens with zero attached hydrogens (tertiary/aromatic N) is 1. The smallest absolute Gasteiger partial charge is 0.343 e. The van der Waals surface area contributed by atoms with Gasteiger partial charge in [0.1, 0.15) is 5.57 Å². The van der Waals surface area contributed by atoms with E-state index in [0.717, 1.165) is 11.3 Å². The van der Waals surface area contributed by atoms with Crippen LogP contribution in [0.25, 0.3) is 6.08 Å². The molecule has 1 aromatic heterocycles. The molecule has 0 amide bonds.